The molecule has 0 fully saturated rings. The highest BCUT2D eigenvalue weighted by Gasteiger charge is 2.14. The molecule has 8 nitrogen and oxygen atoms in total. The maximum Gasteiger partial charge on any atom is 0.271 e. The molecular weight excluding hydrogens is 386 g/mol. The SMILES string of the molecule is CCC(C)Oc1c(Cl)cc(C=NNC(=O)c2ccc([N+](=O)[O-])cc2)cc1OC. The third kappa shape index (κ3) is 5.43. The number of hydrazone groups is 1. The molecule has 0 aliphatic carbocycles. The minimum Gasteiger partial charge on any atom is -0.493 e. The van der Waals surface area contributed by atoms with Gasteiger partial charge in [-0.05, 0) is 43.2 Å². The molecule has 0 radical (unpaired) electrons. The zero-order valence-corrected chi connectivity index (χ0v) is 16.4. The van der Waals surface area contributed by atoms with E-state index in [0.717, 1.165) is 6.42 Å². The van der Waals surface area contributed by atoms with Gasteiger partial charge in [0, 0.05) is 17.7 Å². The van der Waals surface area contributed by atoms with Gasteiger partial charge in [0.2, 0.25) is 0 Å². The second kappa shape index (κ2) is 9.70. The predicted molar refractivity (Wildman–Crippen MR) is 107 cm³/mol. The Bertz CT molecular complexity index is 884. The van der Waals surface area contributed by atoms with Crippen molar-refractivity contribution in [2.45, 2.75) is 26.4 Å². The molecule has 0 saturated heterocycles. The fourth-order valence-corrected chi connectivity index (χ4v) is 2.44. The third-order valence-electron chi connectivity index (χ3n) is 3.87. The lowest BCUT2D eigenvalue weighted by Gasteiger charge is -2.17. The molecule has 1 atom stereocenters. The van der Waals surface area contributed by atoms with Crippen molar-refractivity contribution >= 4 is 29.4 Å². The number of non-ortho nitro benzene ring substituents is 1. The Labute approximate surface area is 167 Å². The van der Waals surface area contributed by atoms with Gasteiger partial charge in [-0.3, -0.25) is 14.9 Å². The summed E-state index contributed by atoms with van der Waals surface area (Å²) in [5, 5.41) is 14.9. The molecule has 0 aromatic heterocycles. The molecule has 0 bridgehead atoms. The Kier molecular flexibility index (Phi) is 7.34. The summed E-state index contributed by atoms with van der Waals surface area (Å²) in [6.07, 6.45) is 2.20. The molecule has 0 heterocycles. The lowest BCUT2D eigenvalue weighted by molar-refractivity contribution is -0.384. The lowest BCUT2D eigenvalue weighted by atomic mass is 10.2. The number of hydrogen-bond donors (Lipinski definition) is 1. The maximum atomic E-state index is 12.0. The van der Waals surface area contributed by atoms with Gasteiger partial charge in [-0.25, -0.2) is 5.43 Å². The van der Waals surface area contributed by atoms with Gasteiger partial charge in [-0.1, -0.05) is 18.5 Å². The van der Waals surface area contributed by atoms with Gasteiger partial charge < -0.3 is 9.47 Å². The molecular formula is C19H20ClN3O5. The monoisotopic (exact) mass is 405 g/mol. The number of benzene rings is 2. The molecule has 0 aliphatic rings. The van der Waals surface area contributed by atoms with E-state index >= 15 is 0 Å². The number of nitro benzene ring substituents is 1. The van der Waals surface area contributed by atoms with Crippen LogP contribution >= 0.6 is 11.6 Å². The van der Waals surface area contributed by atoms with Crippen LogP contribution in [0.25, 0.3) is 0 Å². The summed E-state index contributed by atoms with van der Waals surface area (Å²) < 4.78 is 11.1. The van der Waals surface area contributed by atoms with Crippen molar-refractivity contribution in [2.24, 2.45) is 5.10 Å². The van der Waals surface area contributed by atoms with E-state index < -0.39 is 10.8 Å². The Morgan fingerprint density at radius 3 is 2.61 bits per heavy atom. The Morgan fingerprint density at radius 1 is 1.36 bits per heavy atom. The van der Waals surface area contributed by atoms with E-state index in [4.69, 9.17) is 21.1 Å². The molecule has 1 unspecified atom stereocenters. The average Bonchev–Trinajstić information content (AvgIpc) is 2.69. The third-order valence-corrected chi connectivity index (χ3v) is 4.15. The van der Waals surface area contributed by atoms with E-state index in [1.165, 1.54) is 37.6 Å². The first-order valence-electron chi connectivity index (χ1n) is 8.47. The summed E-state index contributed by atoms with van der Waals surface area (Å²) in [7, 11) is 1.51. The summed E-state index contributed by atoms with van der Waals surface area (Å²) in [6.45, 7) is 3.93. The van der Waals surface area contributed by atoms with E-state index in [0.29, 0.717) is 22.1 Å². The van der Waals surface area contributed by atoms with Crippen LogP contribution in [0.5, 0.6) is 11.5 Å². The molecule has 2 rings (SSSR count). The van der Waals surface area contributed by atoms with Crippen LogP contribution in [-0.2, 0) is 0 Å². The first-order valence-corrected chi connectivity index (χ1v) is 8.85. The number of nitro groups is 1. The zero-order valence-electron chi connectivity index (χ0n) is 15.6. The summed E-state index contributed by atoms with van der Waals surface area (Å²) in [6, 6.07) is 8.53. The first-order chi connectivity index (χ1) is 13.3. The highest BCUT2D eigenvalue weighted by molar-refractivity contribution is 6.32. The first kappa shape index (κ1) is 21.2. The molecule has 0 aliphatic heterocycles. The fraction of sp³-hybridized carbons (Fsp3) is 0.263. The normalized spacial score (nSPS) is 11.9. The minimum atomic E-state index is -0.536. The van der Waals surface area contributed by atoms with Crippen molar-refractivity contribution in [2.75, 3.05) is 7.11 Å². The number of ether oxygens (including phenoxy) is 2. The van der Waals surface area contributed by atoms with E-state index in [1.807, 2.05) is 13.8 Å². The number of halogens is 1. The van der Waals surface area contributed by atoms with Crippen LogP contribution in [0, 0.1) is 10.1 Å². The van der Waals surface area contributed by atoms with Crippen LogP contribution < -0.4 is 14.9 Å². The molecule has 28 heavy (non-hydrogen) atoms. The number of amides is 1. The van der Waals surface area contributed by atoms with Crippen LogP contribution in [0.3, 0.4) is 0 Å². The van der Waals surface area contributed by atoms with Gasteiger partial charge in [0.25, 0.3) is 11.6 Å². The van der Waals surface area contributed by atoms with Crippen molar-refractivity contribution in [3.8, 4) is 11.5 Å². The number of rotatable bonds is 8. The van der Waals surface area contributed by atoms with Crippen molar-refractivity contribution in [1.82, 2.24) is 5.43 Å². The van der Waals surface area contributed by atoms with Crippen molar-refractivity contribution in [1.29, 1.82) is 0 Å². The van der Waals surface area contributed by atoms with Crippen LogP contribution in [0.1, 0.15) is 36.2 Å². The van der Waals surface area contributed by atoms with Gasteiger partial charge in [0.1, 0.15) is 0 Å². The van der Waals surface area contributed by atoms with Crippen molar-refractivity contribution in [3.63, 3.8) is 0 Å². The van der Waals surface area contributed by atoms with E-state index in [-0.39, 0.29) is 17.4 Å². The fourth-order valence-electron chi connectivity index (χ4n) is 2.18. The minimum absolute atomic E-state index is 0.0214. The quantitative estimate of drug-likeness (QED) is 0.402. The average molecular weight is 406 g/mol. The topological polar surface area (TPSA) is 103 Å². The molecule has 1 N–H and O–H groups in total. The number of nitrogens with zero attached hydrogens (tertiary/aromatic N) is 2. The van der Waals surface area contributed by atoms with Crippen molar-refractivity contribution < 1.29 is 19.2 Å². The second-order valence-corrected chi connectivity index (χ2v) is 6.28. The van der Waals surface area contributed by atoms with Crippen LogP contribution in [-0.4, -0.2) is 30.3 Å². The smallest absolute Gasteiger partial charge is 0.271 e. The Morgan fingerprint density at radius 2 is 2.04 bits per heavy atom. The molecule has 2 aromatic rings. The zero-order chi connectivity index (χ0) is 20.7. The summed E-state index contributed by atoms with van der Waals surface area (Å²) in [4.78, 5) is 22.2. The molecule has 0 spiro atoms. The van der Waals surface area contributed by atoms with Crippen LogP contribution in [0.4, 0.5) is 5.69 Å². The van der Waals surface area contributed by atoms with Gasteiger partial charge in [-0.2, -0.15) is 5.10 Å². The summed E-state index contributed by atoms with van der Waals surface area (Å²) in [5.41, 5.74) is 3.10. The van der Waals surface area contributed by atoms with Gasteiger partial charge in [0.15, 0.2) is 11.5 Å². The molecule has 9 heteroatoms. The summed E-state index contributed by atoms with van der Waals surface area (Å²) in [5.74, 6) is 0.405. The number of carbonyl (C=O) groups is 1. The lowest BCUT2D eigenvalue weighted by Crippen LogP contribution is -2.17. The predicted octanol–water partition coefficient (Wildman–Crippen LogP) is 4.20. The molecule has 1 amide bonds. The largest absolute Gasteiger partial charge is 0.493 e. The molecule has 2 aromatic carbocycles. The van der Waals surface area contributed by atoms with Gasteiger partial charge in [0.05, 0.1) is 29.4 Å². The van der Waals surface area contributed by atoms with Crippen molar-refractivity contribution in [3.05, 3.63) is 62.7 Å². The Balaban J connectivity index is 2.10. The molecule has 148 valence electrons. The number of methoxy groups -OCH3 is 1. The van der Waals surface area contributed by atoms with E-state index in [1.54, 1.807) is 12.1 Å². The Hall–Kier alpha value is -3.13. The number of hydrogen-bond acceptors (Lipinski definition) is 6. The number of nitrogens with one attached hydrogen (secondary N) is 1. The standard InChI is InChI=1S/C19H20ClN3O5/c1-4-12(2)28-18-16(20)9-13(10-17(18)27-3)11-21-22-19(24)14-5-7-15(8-6-14)23(25)26/h5-12H,4H2,1-3H3,(H,22,24). The van der Waals surface area contributed by atoms with Crippen LogP contribution in [0.15, 0.2) is 41.5 Å². The summed E-state index contributed by atoms with van der Waals surface area (Å²) >= 11 is 6.28. The number of carbonyl (C=O) groups excluding carboxylic acids is 1. The second-order valence-electron chi connectivity index (χ2n) is 5.87. The maximum absolute atomic E-state index is 12.0. The van der Waals surface area contributed by atoms with E-state index in [2.05, 4.69) is 10.5 Å². The van der Waals surface area contributed by atoms with Gasteiger partial charge in [-0.15, -0.1) is 0 Å². The molecule has 0 saturated carbocycles. The van der Waals surface area contributed by atoms with Crippen LogP contribution in [0.2, 0.25) is 5.02 Å². The van der Waals surface area contributed by atoms with E-state index in [9.17, 15) is 14.9 Å². The highest BCUT2D eigenvalue weighted by atomic mass is 35.5. The highest BCUT2D eigenvalue weighted by Crippen LogP contribution is 2.37. The van der Waals surface area contributed by atoms with Gasteiger partial charge >= 0.3 is 0 Å².